The van der Waals surface area contributed by atoms with Crippen LogP contribution in [0.4, 0.5) is 0 Å². The van der Waals surface area contributed by atoms with Crippen LogP contribution < -0.4 is 5.73 Å². The summed E-state index contributed by atoms with van der Waals surface area (Å²) >= 11 is 13.5. The van der Waals surface area contributed by atoms with E-state index in [4.69, 9.17) is 34.3 Å². The van der Waals surface area contributed by atoms with Crippen LogP contribution in [0.1, 0.15) is 5.56 Å². The van der Waals surface area contributed by atoms with Crippen LogP contribution in [0.15, 0.2) is 52.3 Å². The van der Waals surface area contributed by atoms with Gasteiger partial charge in [-0.25, -0.2) is 0 Å². The van der Waals surface area contributed by atoms with Gasteiger partial charge in [0, 0.05) is 20.4 Å². The van der Waals surface area contributed by atoms with E-state index in [1.807, 2.05) is 30.3 Å². The maximum absolute atomic E-state index is 7.32. The quantitative estimate of drug-likeness (QED) is 0.650. The minimum absolute atomic E-state index is 0.0623. The van der Waals surface area contributed by atoms with E-state index >= 15 is 0 Å². The molecule has 0 saturated heterocycles. The maximum atomic E-state index is 7.32. The van der Waals surface area contributed by atoms with Crippen LogP contribution in [0, 0.1) is 5.41 Å². The number of nitrogens with two attached hydrogens (primary N) is 1. The first-order valence-corrected chi connectivity index (χ1v) is 6.71. The molecule has 0 aliphatic rings. The minimum Gasteiger partial charge on any atom is -0.384 e. The normalized spacial score (nSPS) is 10.3. The molecule has 2 aromatic rings. The Morgan fingerprint density at radius 2 is 1.72 bits per heavy atom. The molecule has 0 bridgehead atoms. The Morgan fingerprint density at radius 1 is 1.06 bits per heavy atom. The molecular formula is C13H10Cl2N2S. The molecule has 0 saturated carbocycles. The number of benzene rings is 2. The molecule has 18 heavy (non-hydrogen) atoms. The molecule has 0 unspecified atom stereocenters. The fraction of sp³-hybridized carbons (Fsp3) is 0. The van der Waals surface area contributed by atoms with E-state index < -0.39 is 0 Å². The molecule has 0 heterocycles. The summed E-state index contributed by atoms with van der Waals surface area (Å²) in [7, 11) is 0. The van der Waals surface area contributed by atoms with Crippen molar-refractivity contribution in [3.63, 3.8) is 0 Å². The molecule has 0 radical (unpaired) electrons. The summed E-state index contributed by atoms with van der Waals surface area (Å²) in [6.07, 6.45) is 0. The van der Waals surface area contributed by atoms with Crippen molar-refractivity contribution < 1.29 is 0 Å². The third-order valence-corrected chi connectivity index (χ3v) is 4.03. The van der Waals surface area contributed by atoms with Crippen molar-refractivity contribution in [1.29, 1.82) is 5.41 Å². The van der Waals surface area contributed by atoms with Crippen molar-refractivity contribution >= 4 is 40.8 Å². The van der Waals surface area contributed by atoms with E-state index in [1.165, 1.54) is 11.8 Å². The minimum atomic E-state index is 0.0623. The van der Waals surface area contributed by atoms with E-state index in [2.05, 4.69) is 0 Å². The molecule has 0 atom stereocenters. The standard InChI is InChI=1S/C13H10Cl2N2S/c14-9-3-6-11(15)12(7-9)18-10-4-1-8(2-5-10)13(16)17/h1-7H,(H3,16,17). The Kier molecular flexibility index (Phi) is 4.17. The van der Waals surface area contributed by atoms with Gasteiger partial charge in [-0.2, -0.15) is 0 Å². The number of halogens is 2. The molecule has 0 spiro atoms. The summed E-state index contributed by atoms with van der Waals surface area (Å²) in [5.41, 5.74) is 6.10. The second-order valence-corrected chi connectivity index (χ2v) is 5.57. The number of amidine groups is 1. The number of nitrogens with one attached hydrogen (secondary N) is 1. The van der Waals surface area contributed by atoms with Crippen LogP contribution in [-0.4, -0.2) is 5.84 Å². The Labute approximate surface area is 120 Å². The second kappa shape index (κ2) is 5.65. The van der Waals surface area contributed by atoms with Crippen LogP contribution in [-0.2, 0) is 0 Å². The Bertz CT molecular complexity index is 582. The lowest BCUT2D eigenvalue weighted by Crippen LogP contribution is -2.10. The molecule has 0 aromatic heterocycles. The first kappa shape index (κ1) is 13.3. The van der Waals surface area contributed by atoms with Crippen LogP contribution in [0.2, 0.25) is 10.0 Å². The van der Waals surface area contributed by atoms with Crippen LogP contribution in [0.5, 0.6) is 0 Å². The van der Waals surface area contributed by atoms with Gasteiger partial charge in [0.25, 0.3) is 0 Å². The molecule has 3 N–H and O–H groups in total. The zero-order valence-electron chi connectivity index (χ0n) is 9.28. The van der Waals surface area contributed by atoms with E-state index in [9.17, 15) is 0 Å². The molecule has 0 fully saturated rings. The monoisotopic (exact) mass is 296 g/mol. The lowest BCUT2D eigenvalue weighted by Gasteiger charge is -2.05. The third kappa shape index (κ3) is 3.19. The van der Waals surface area contributed by atoms with Crippen molar-refractivity contribution in [2.45, 2.75) is 9.79 Å². The molecule has 0 amide bonds. The van der Waals surface area contributed by atoms with E-state index in [0.717, 1.165) is 9.79 Å². The van der Waals surface area contributed by atoms with Gasteiger partial charge in [-0.1, -0.05) is 47.1 Å². The Balaban J connectivity index is 2.23. The Morgan fingerprint density at radius 3 is 2.33 bits per heavy atom. The summed E-state index contributed by atoms with van der Waals surface area (Å²) in [6, 6.07) is 12.8. The van der Waals surface area contributed by atoms with Gasteiger partial charge < -0.3 is 5.73 Å². The fourth-order valence-corrected chi connectivity index (χ4v) is 2.73. The Hall–Kier alpha value is -1.16. The number of nitrogen functional groups attached to an aromatic ring is 1. The van der Waals surface area contributed by atoms with Crippen molar-refractivity contribution in [3.05, 3.63) is 58.1 Å². The van der Waals surface area contributed by atoms with Crippen LogP contribution >= 0.6 is 35.0 Å². The summed E-state index contributed by atoms with van der Waals surface area (Å²) in [5.74, 6) is 0.0623. The SMILES string of the molecule is N=C(N)c1ccc(Sc2cc(Cl)ccc2Cl)cc1. The maximum Gasteiger partial charge on any atom is 0.122 e. The number of hydrogen-bond donors (Lipinski definition) is 2. The van der Waals surface area contributed by atoms with Gasteiger partial charge in [0.05, 0.1) is 5.02 Å². The topological polar surface area (TPSA) is 49.9 Å². The van der Waals surface area contributed by atoms with E-state index in [0.29, 0.717) is 15.6 Å². The zero-order valence-corrected chi connectivity index (χ0v) is 11.6. The van der Waals surface area contributed by atoms with Gasteiger partial charge in [-0.05, 0) is 30.3 Å². The average molecular weight is 297 g/mol. The molecule has 0 aliphatic carbocycles. The van der Waals surface area contributed by atoms with Gasteiger partial charge in [0.15, 0.2) is 0 Å². The highest BCUT2D eigenvalue weighted by atomic mass is 35.5. The van der Waals surface area contributed by atoms with Crippen LogP contribution in [0.3, 0.4) is 0 Å². The van der Waals surface area contributed by atoms with Crippen molar-refractivity contribution in [2.75, 3.05) is 0 Å². The van der Waals surface area contributed by atoms with E-state index in [-0.39, 0.29) is 5.84 Å². The highest BCUT2D eigenvalue weighted by molar-refractivity contribution is 7.99. The molecule has 2 nitrogen and oxygen atoms in total. The summed E-state index contributed by atoms with van der Waals surface area (Å²) in [6.45, 7) is 0. The molecule has 0 aliphatic heterocycles. The summed E-state index contributed by atoms with van der Waals surface area (Å²) in [4.78, 5) is 1.92. The van der Waals surface area contributed by atoms with Gasteiger partial charge in [-0.3, -0.25) is 5.41 Å². The van der Waals surface area contributed by atoms with E-state index in [1.54, 1.807) is 12.1 Å². The molecule has 2 aromatic carbocycles. The van der Waals surface area contributed by atoms with Crippen molar-refractivity contribution in [1.82, 2.24) is 0 Å². The van der Waals surface area contributed by atoms with Gasteiger partial charge in [0.2, 0.25) is 0 Å². The molecule has 5 heteroatoms. The molecule has 92 valence electrons. The predicted octanol–water partition coefficient (Wildman–Crippen LogP) is 4.43. The number of rotatable bonds is 3. The zero-order chi connectivity index (χ0) is 13.1. The first-order chi connectivity index (χ1) is 8.56. The summed E-state index contributed by atoms with van der Waals surface area (Å²) < 4.78 is 0. The van der Waals surface area contributed by atoms with Gasteiger partial charge in [0.1, 0.15) is 5.84 Å². The highest BCUT2D eigenvalue weighted by Crippen LogP contribution is 2.35. The summed E-state index contributed by atoms with van der Waals surface area (Å²) in [5, 5.41) is 8.64. The highest BCUT2D eigenvalue weighted by Gasteiger charge is 2.04. The largest absolute Gasteiger partial charge is 0.384 e. The van der Waals surface area contributed by atoms with Gasteiger partial charge in [-0.15, -0.1) is 0 Å². The van der Waals surface area contributed by atoms with Crippen molar-refractivity contribution in [3.8, 4) is 0 Å². The smallest absolute Gasteiger partial charge is 0.122 e. The fourth-order valence-electron chi connectivity index (χ4n) is 1.38. The number of hydrogen-bond acceptors (Lipinski definition) is 2. The lowest BCUT2D eigenvalue weighted by atomic mass is 10.2. The first-order valence-electron chi connectivity index (χ1n) is 5.13. The lowest BCUT2D eigenvalue weighted by molar-refractivity contribution is 1.37. The van der Waals surface area contributed by atoms with Crippen LogP contribution in [0.25, 0.3) is 0 Å². The molecular weight excluding hydrogens is 287 g/mol. The molecule has 2 rings (SSSR count). The van der Waals surface area contributed by atoms with Crippen molar-refractivity contribution in [2.24, 2.45) is 5.73 Å². The average Bonchev–Trinajstić information content (AvgIpc) is 2.34. The van der Waals surface area contributed by atoms with Gasteiger partial charge >= 0.3 is 0 Å². The second-order valence-electron chi connectivity index (χ2n) is 3.61. The third-order valence-electron chi connectivity index (χ3n) is 2.29. The predicted molar refractivity (Wildman–Crippen MR) is 78.0 cm³/mol.